The quantitative estimate of drug-likeness (QED) is 0.266. The number of imidazole rings is 1. The Bertz CT molecular complexity index is 1060. The van der Waals surface area contributed by atoms with Crippen molar-refractivity contribution in [2.24, 2.45) is 0 Å². The number of hydrogen-bond donors (Lipinski definition) is 0. The maximum absolute atomic E-state index is 11.7. The highest BCUT2D eigenvalue weighted by Crippen LogP contribution is 2.37. The number of hydrogen-bond acceptors (Lipinski definition) is 11. The molecule has 1 aliphatic heterocycles. The number of nitro groups is 1. The smallest absolute Gasteiger partial charge is 0.367 e. The molecule has 0 unspecified atom stereocenters. The van der Waals surface area contributed by atoms with Crippen LogP contribution in [0.15, 0.2) is 12.4 Å². The number of nitrogens with zero attached hydrogens (tertiary/aromatic N) is 4. The van der Waals surface area contributed by atoms with Crippen LogP contribution in [-0.2, 0) is 33.3 Å². The predicted molar refractivity (Wildman–Crippen MR) is 101 cm³/mol. The molecule has 0 aromatic carbocycles. The summed E-state index contributed by atoms with van der Waals surface area (Å²) in [6, 6.07) is 1.05. The molecule has 0 spiro atoms. The lowest BCUT2D eigenvalue weighted by Gasteiger charge is -2.23. The molecule has 166 valence electrons. The van der Waals surface area contributed by atoms with Crippen molar-refractivity contribution >= 4 is 46.5 Å². The van der Waals surface area contributed by atoms with Crippen LogP contribution in [0.25, 0.3) is 11.2 Å². The number of carbonyl (C=O) groups is 3. The summed E-state index contributed by atoms with van der Waals surface area (Å²) in [5, 5.41) is 11.2. The van der Waals surface area contributed by atoms with Gasteiger partial charge >= 0.3 is 23.7 Å². The minimum Gasteiger partial charge on any atom is -0.463 e. The van der Waals surface area contributed by atoms with Gasteiger partial charge in [-0.2, -0.15) is 0 Å². The Balaban J connectivity index is 2.08. The number of rotatable bonds is 6. The largest absolute Gasteiger partial charge is 0.463 e. The maximum Gasteiger partial charge on any atom is 0.367 e. The van der Waals surface area contributed by atoms with Crippen molar-refractivity contribution in [3.63, 3.8) is 0 Å². The zero-order chi connectivity index (χ0) is 22.9. The van der Waals surface area contributed by atoms with Gasteiger partial charge in [0.15, 0.2) is 24.0 Å². The summed E-state index contributed by atoms with van der Waals surface area (Å²) in [6.07, 6.45) is -3.26. The Hall–Kier alpha value is -3.32. The van der Waals surface area contributed by atoms with Crippen LogP contribution in [0.3, 0.4) is 0 Å². The Kier molecular flexibility index (Phi) is 6.36. The van der Waals surface area contributed by atoms with Crippen LogP contribution >= 0.6 is 11.6 Å². The van der Waals surface area contributed by atoms with E-state index in [1.54, 1.807) is 0 Å². The van der Waals surface area contributed by atoms with E-state index in [9.17, 15) is 24.5 Å². The third-order valence-electron chi connectivity index (χ3n) is 4.27. The van der Waals surface area contributed by atoms with Crippen LogP contribution < -0.4 is 0 Å². The minimum absolute atomic E-state index is 0.0175. The summed E-state index contributed by atoms with van der Waals surface area (Å²) in [6.45, 7) is 3.18. The van der Waals surface area contributed by atoms with E-state index in [4.69, 9.17) is 30.5 Å². The molecule has 0 N–H and O–H groups in total. The fourth-order valence-corrected chi connectivity index (χ4v) is 3.38. The van der Waals surface area contributed by atoms with Gasteiger partial charge in [0.25, 0.3) is 5.65 Å². The van der Waals surface area contributed by atoms with Gasteiger partial charge in [-0.25, -0.2) is 4.98 Å². The molecule has 13 nitrogen and oxygen atoms in total. The second-order valence-corrected chi connectivity index (χ2v) is 6.97. The molecule has 3 heterocycles. The highest BCUT2D eigenvalue weighted by molar-refractivity contribution is 6.34. The van der Waals surface area contributed by atoms with Crippen molar-refractivity contribution in [2.45, 2.75) is 45.3 Å². The van der Waals surface area contributed by atoms with Crippen LogP contribution in [0.1, 0.15) is 27.0 Å². The van der Waals surface area contributed by atoms with E-state index in [1.165, 1.54) is 17.8 Å². The number of aromatic nitrogens is 3. The standard InChI is InChI=1S/C17H17ClN4O9/c1-7(23)28-5-11-14(29-8(2)24)15(30-9(3)25)17(31-11)21-6-19-13-10(18)4-12(22(26)27)20-16(13)21/h4,6,11,14-15,17H,5H2,1-3H3/t11-,14-,15-,17-/m1/s1. The zero-order valence-electron chi connectivity index (χ0n) is 16.5. The van der Waals surface area contributed by atoms with E-state index >= 15 is 0 Å². The van der Waals surface area contributed by atoms with Gasteiger partial charge in [-0.05, 0) is 9.91 Å². The lowest BCUT2D eigenvalue weighted by Crippen LogP contribution is -2.40. The summed E-state index contributed by atoms with van der Waals surface area (Å²) >= 11 is 6.08. The maximum atomic E-state index is 11.7. The number of ether oxygens (including phenoxy) is 4. The second kappa shape index (κ2) is 8.81. The lowest BCUT2D eigenvalue weighted by molar-refractivity contribution is -0.389. The van der Waals surface area contributed by atoms with E-state index in [-0.39, 0.29) is 22.8 Å². The number of halogens is 1. The fraction of sp³-hybridized carbons (Fsp3) is 0.471. The highest BCUT2D eigenvalue weighted by atomic mass is 35.5. The third kappa shape index (κ3) is 4.72. The highest BCUT2D eigenvalue weighted by Gasteiger charge is 2.51. The van der Waals surface area contributed by atoms with Gasteiger partial charge in [0, 0.05) is 20.8 Å². The van der Waals surface area contributed by atoms with Crippen LogP contribution in [0.5, 0.6) is 0 Å². The normalized spacial score (nSPS) is 22.8. The van der Waals surface area contributed by atoms with Gasteiger partial charge in [0.2, 0.25) is 0 Å². The Morgan fingerprint density at radius 1 is 1.19 bits per heavy atom. The molecule has 1 fully saturated rings. The Labute approximate surface area is 179 Å². The van der Waals surface area contributed by atoms with Crippen molar-refractivity contribution in [1.29, 1.82) is 0 Å². The molecule has 1 saturated heterocycles. The number of pyridine rings is 1. The van der Waals surface area contributed by atoms with Gasteiger partial charge < -0.3 is 29.1 Å². The number of esters is 3. The van der Waals surface area contributed by atoms with Crippen molar-refractivity contribution in [1.82, 2.24) is 14.5 Å². The lowest BCUT2D eigenvalue weighted by atomic mass is 10.1. The van der Waals surface area contributed by atoms with Crippen molar-refractivity contribution < 1.29 is 38.3 Å². The topological polar surface area (TPSA) is 162 Å². The molecule has 4 atom stereocenters. The first kappa shape index (κ1) is 22.4. The van der Waals surface area contributed by atoms with Crippen LogP contribution in [0.4, 0.5) is 5.82 Å². The van der Waals surface area contributed by atoms with Crippen LogP contribution in [0, 0.1) is 10.1 Å². The summed E-state index contributed by atoms with van der Waals surface area (Å²) in [5.41, 5.74) is 0.126. The van der Waals surface area contributed by atoms with Gasteiger partial charge in [0.1, 0.15) is 19.0 Å². The number of carbonyl (C=O) groups excluding carboxylic acids is 3. The summed E-state index contributed by atoms with van der Waals surface area (Å²) in [7, 11) is 0. The first-order valence-electron chi connectivity index (χ1n) is 8.89. The number of fused-ring (bicyclic) bond motifs is 1. The van der Waals surface area contributed by atoms with Crippen LogP contribution in [-0.4, -0.2) is 62.3 Å². The predicted octanol–water partition coefficient (Wildman–Crippen LogP) is 1.32. The first-order valence-corrected chi connectivity index (χ1v) is 9.27. The molecule has 2 aromatic rings. The van der Waals surface area contributed by atoms with E-state index < -0.39 is 53.2 Å². The first-order chi connectivity index (χ1) is 14.6. The minimum atomic E-state index is -1.20. The summed E-state index contributed by atoms with van der Waals surface area (Å²) in [5.74, 6) is -2.53. The van der Waals surface area contributed by atoms with Gasteiger partial charge in [-0.1, -0.05) is 11.6 Å². The molecule has 0 saturated carbocycles. The molecule has 0 radical (unpaired) electrons. The van der Waals surface area contributed by atoms with Crippen molar-refractivity contribution in [3.05, 3.63) is 27.5 Å². The van der Waals surface area contributed by atoms with Crippen LogP contribution in [0.2, 0.25) is 5.02 Å². The monoisotopic (exact) mass is 456 g/mol. The average Bonchev–Trinajstić information content (AvgIpc) is 3.21. The molecule has 1 aliphatic rings. The average molecular weight is 457 g/mol. The van der Waals surface area contributed by atoms with Crippen molar-refractivity contribution in [2.75, 3.05) is 6.61 Å². The fourth-order valence-electron chi connectivity index (χ4n) is 3.15. The Morgan fingerprint density at radius 3 is 2.42 bits per heavy atom. The van der Waals surface area contributed by atoms with Crippen molar-refractivity contribution in [3.8, 4) is 0 Å². The summed E-state index contributed by atoms with van der Waals surface area (Å²) in [4.78, 5) is 53.1. The summed E-state index contributed by atoms with van der Waals surface area (Å²) < 4.78 is 22.7. The molecule has 2 aromatic heterocycles. The molecule has 0 bridgehead atoms. The third-order valence-corrected chi connectivity index (χ3v) is 4.56. The van der Waals surface area contributed by atoms with E-state index in [0.717, 1.165) is 19.9 Å². The molecule has 3 rings (SSSR count). The molecule has 31 heavy (non-hydrogen) atoms. The second-order valence-electron chi connectivity index (χ2n) is 6.56. The van der Waals surface area contributed by atoms with E-state index in [0.29, 0.717) is 0 Å². The molecule has 0 aliphatic carbocycles. The van der Waals surface area contributed by atoms with Gasteiger partial charge in [-0.3, -0.25) is 19.0 Å². The molecule has 14 heteroatoms. The van der Waals surface area contributed by atoms with Gasteiger partial charge in [-0.15, -0.1) is 0 Å². The molecular formula is C17H17ClN4O9. The molecule has 0 amide bonds. The van der Waals surface area contributed by atoms with E-state index in [2.05, 4.69) is 9.97 Å². The van der Waals surface area contributed by atoms with E-state index in [1.807, 2.05) is 0 Å². The Morgan fingerprint density at radius 2 is 1.84 bits per heavy atom. The zero-order valence-corrected chi connectivity index (χ0v) is 17.3. The van der Waals surface area contributed by atoms with Gasteiger partial charge in [0.05, 0.1) is 11.1 Å². The SMILES string of the molecule is CC(=O)OC[C@H]1O[C@@H](n2cnc3c(Cl)cc([N+](=O)[O-])nc32)[C@H](OC(C)=O)[C@@H]1OC(C)=O. The molecular weight excluding hydrogens is 440 g/mol.